The van der Waals surface area contributed by atoms with Gasteiger partial charge in [0.1, 0.15) is 0 Å². The van der Waals surface area contributed by atoms with Gasteiger partial charge in [0, 0.05) is 17.4 Å². The number of thioether (sulfide) groups is 1. The Bertz CT molecular complexity index is 884. The van der Waals surface area contributed by atoms with Crippen molar-refractivity contribution in [1.29, 1.82) is 0 Å². The van der Waals surface area contributed by atoms with Crippen LogP contribution in [0.2, 0.25) is 0 Å². The lowest BCUT2D eigenvalue weighted by atomic mass is 10.1. The van der Waals surface area contributed by atoms with Gasteiger partial charge in [-0.1, -0.05) is 24.3 Å². The molecule has 27 heavy (non-hydrogen) atoms. The summed E-state index contributed by atoms with van der Waals surface area (Å²) in [5.74, 6) is -1.07. The third-order valence-corrected chi connectivity index (χ3v) is 5.08. The maximum absolute atomic E-state index is 12.8. The lowest BCUT2D eigenvalue weighted by molar-refractivity contribution is -0.122. The summed E-state index contributed by atoms with van der Waals surface area (Å²) in [6.45, 7) is 1.40. The zero-order valence-corrected chi connectivity index (χ0v) is 15.9. The van der Waals surface area contributed by atoms with Gasteiger partial charge in [-0.3, -0.25) is 9.59 Å². The van der Waals surface area contributed by atoms with E-state index in [-0.39, 0.29) is 24.3 Å². The van der Waals surface area contributed by atoms with E-state index in [9.17, 15) is 14.4 Å². The Labute approximate surface area is 161 Å². The minimum absolute atomic E-state index is 0.156. The maximum atomic E-state index is 12.8. The molecule has 2 aromatic carbocycles. The quantitative estimate of drug-likeness (QED) is 0.646. The van der Waals surface area contributed by atoms with Crippen LogP contribution in [0.3, 0.4) is 0 Å². The Morgan fingerprint density at radius 2 is 1.89 bits per heavy atom. The molecule has 1 aliphatic heterocycles. The fraction of sp³-hybridized carbons (Fsp3) is 0.250. The van der Waals surface area contributed by atoms with Gasteiger partial charge in [0.2, 0.25) is 5.91 Å². The first-order valence-electron chi connectivity index (χ1n) is 8.52. The summed E-state index contributed by atoms with van der Waals surface area (Å²) in [5, 5.41) is 2.80. The van der Waals surface area contributed by atoms with Crippen molar-refractivity contribution in [2.75, 3.05) is 23.1 Å². The molecule has 0 fully saturated rings. The molecule has 0 bridgehead atoms. The van der Waals surface area contributed by atoms with E-state index in [1.54, 1.807) is 43.3 Å². The van der Waals surface area contributed by atoms with E-state index < -0.39 is 12.6 Å². The largest absolute Gasteiger partial charge is 0.452 e. The Hall–Kier alpha value is -2.80. The molecule has 7 heteroatoms. The smallest absolute Gasteiger partial charge is 0.339 e. The Kier molecular flexibility index (Phi) is 5.81. The highest BCUT2D eigenvalue weighted by molar-refractivity contribution is 7.98. The van der Waals surface area contributed by atoms with Gasteiger partial charge in [-0.05, 0) is 37.4 Å². The van der Waals surface area contributed by atoms with Crippen LogP contribution in [0.5, 0.6) is 0 Å². The maximum Gasteiger partial charge on any atom is 0.339 e. The van der Waals surface area contributed by atoms with Crippen molar-refractivity contribution in [3.05, 3.63) is 54.1 Å². The molecule has 1 N–H and O–H groups in total. The third kappa shape index (κ3) is 4.14. The first-order valence-corrected chi connectivity index (χ1v) is 9.75. The molecule has 1 aliphatic rings. The average molecular weight is 384 g/mol. The van der Waals surface area contributed by atoms with Crippen molar-refractivity contribution in [2.24, 2.45) is 0 Å². The highest BCUT2D eigenvalue weighted by Crippen LogP contribution is 2.31. The van der Waals surface area contributed by atoms with Crippen LogP contribution < -0.4 is 10.2 Å². The van der Waals surface area contributed by atoms with Gasteiger partial charge in [0.25, 0.3) is 5.91 Å². The molecule has 0 spiro atoms. The van der Waals surface area contributed by atoms with Gasteiger partial charge < -0.3 is 15.0 Å². The standard InChI is InChI=1S/C20H20N2O4S/c1-13-11-18(23)21-15-8-4-5-9-16(15)22(13)19(24)12-26-20(25)14-7-3-6-10-17(14)27-2/h3-10,13H,11-12H2,1-2H3,(H,21,23)/t13-/m1/s1. The second-order valence-electron chi connectivity index (χ2n) is 6.16. The number of carbonyl (C=O) groups excluding carboxylic acids is 3. The second kappa shape index (κ2) is 8.26. The first kappa shape index (κ1) is 19.0. The zero-order chi connectivity index (χ0) is 19.4. The lowest BCUT2D eigenvalue weighted by Crippen LogP contribution is -2.41. The number of anilines is 2. The minimum Gasteiger partial charge on any atom is -0.452 e. The summed E-state index contributed by atoms with van der Waals surface area (Å²) in [6, 6.07) is 13.8. The number of nitrogens with one attached hydrogen (secondary N) is 1. The predicted octanol–water partition coefficient (Wildman–Crippen LogP) is 3.33. The molecule has 2 amide bonds. The Balaban J connectivity index is 1.77. The van der Waals surface area contributed by atoms with Gasteiger partial charge in [-0.25, -0.2) is 4.79 Å². The average Bonchev–Trinajstić information content (AvgIpc) is 2.79. The van der Waals surface area contributed by atoms with E-state index >= 15 is 0 Å². The van der Waals surface area contributed by atoms with E-state index in [0.717, 1.165) is 4.90 Å². The van der Waals surface area contributed by atoms with Crippen molar-refractivity contribution in [3.8, 4) is 0 Å². The number of benzene rings is 2. The highest BCUT2D eigenvalue weighted by Gasteiger charge is 2.30. The Morgan fingerprint density at radius 3 is 2.67 bits per heavy atom. The molecular weight excluding hydrogens is 364 g/mol. The molecule has 0 radical (unpaired) electrons. The number of esters is 1. The molecule has 140 valence electrons. The molecule has 0 unspecified atom stereocenters. The molecule has 0 saturated carbocycles. The zero-order valence-electron chi connectivity index (χ0n) is 15.1. The van der Waals surface area contributed by atoms with Crippen molar-refractivity contribution in [3.63, 3.8) is 0 Å². The lowest BCUT2D eigenvalue weighted by Gasteiger charge is -2.27. The van der Waals surface area contributed by atoms with Crippen LogP contribution in [0.15, 0.2) is 53.4 Å². The third-order valence-electron chi connectivity index (χ3n) is 4.28. The van der Waals surface area contributed by atoms with Crippen LogP contribution in [0, 0.1) is 0 Å². The number of rotatable bonds is 4. The first-order chi connectivity index (χ1) is 13.0. The molecule has 0 aliphatic carbocycles. The highest BCUT2D eigenvalue weighted by atomic mass is 32.2. The van der Waals surface area contributed by atoms with Gasteiger partial charge in [0.05, 0.1) is 16.9 Å². The molecular formula is C20H20N2O4S. The van der Waals surface area contributed by atoms with Gasteiger partial charge in [-0.15, -0.1) is 11.8 Å². The van der Waals surface area contributed by atoms with E-state index in [4.69, 9.17) is 4.74 Å². The predicted molar refractivity (Wildman–Crippen MR) is 105 cm³/mol. The summed E-state index contributed by atoms with van der Waals surface area (Å²) < 4.78 is 5.27. The number of amides is 2. The van der Waals surface area contributed by atoms with Crippen LogP contribution in [-0.4, -0.2) is 36.7 Å². The Morgan fingerprint density at radius 1 is 1.19 bits per heavy atom. The molecule has 0 saturated heterocycles. The molecule has 1 atom stereocenters. The number of carbonyl (C=O) groups is 3. The summed E-state index contributed by atoms with van der Waals surface area (Å²) in [4.78, 5) is 39.5. The number of nitrogens with zero attached hydrogens (tertiary/aromatic N) is 1. The molecule has 6 nitrogen and oxygen atoms in total. The number of fused-ring (bicyclic) bond motifs is 1. The molecule has 2 aromatic rings. The van der Waals surface area contributed by atoms with E-state index in [2.05, 4.69) is 5.32 Å². The molecule has 0 aromatic heterocycles. The van der Waals surface area contributed by atoms with Crippen molar-refractivity contribution in [1.82, 2.24) is 0 Å². The van der Waals surface area contributed by atoms with E-state index in [0.29, 0.717) is 16.9 Å². The van der Waals surface area contributed by atoms with E-state index in [1.165, 1.54) is 16.7 Å². The monoisotopic (exact) mass is 384 g/mol. The fourth-order valence-electron chi connectivity index (χ4n) is 3.06. The number of ether oxygens (including phenoxy) is 1. The van der Waals surface area contributed by atoms with Crippen molar-refractivity contribution in [2.45, 2.75) is 24.3 Å². The summed E-state index contributed by atoms with van der Waals surface area (Å²) in [7, 11) is 0. The summed E-state index contributed by atoms with van der Waals surface area (Å²) in [5.41, 5.74) is 1.60. The van der Waals surface area contributed by atoms with Gasteiger partial charge in [-0.2, -0.15) is 0 Å². The fourth-order valence-corrected chi connectivity index (χ4v) is 3.64. The van der Waals surface area contributed by atoms with Crippen LogP contribution in [0.4, 0.5) is 11.4 Å². The molecule has 3 rings (SSSR count). The SMILES string of the molecule is CSc1ccccc1C(=O)OCC(=O)N1c2ccccc2NC(=O)C[C@H]1C. The van der Waals surface area contributed by atoms with E-state index in [1.807, 2.05) is 18.4 Å². The van der Waals surface area contributed by atoms with Crippen LogP contribution in [0.25, 0.3) is 0 Å². The van der Waals surface area contributed by atoms with Gasteiger partial charge >= 0.3 is 5.97 Å². The minimum atomic E-state index is -0.543. The topological polar surface area (TPSA) is 75.7 Å². The van der Waals surface area contributed by atoms with Crippen molar-refractivity contribution < 1.29 is 19.1 Å². The number of hydrogen-bond acceptors (Lipinski definition) is 5. The van der Waals surface area contributed by atoms with Crippen LogP contribution in [-0.2, 0) is 14.3 Å². The summed E-state index contributed by atoms with van der Waals surface area (Å²) in [6.07, 6.45) is 2.04. The number of hydrogen-bond donors (Lipinski definition) is 1. The van der Waals surface area contributed by atoms with Crippen LogP contribution in [0.1, 0.15) is 23.7 Å². The van der Waals surface area contributed by atoms with Gasteiger partial charge in [0.15, 0.2) is 6.61 Å². The summed E-state index contributed by atoms with van der Waals surface area (Å²) >= 11 is 1.44. The second-order valence-corrected chi connectivity index (χ2v) is 7.01. The van der Waals surface area contributed by atoms with Crippen molar-refractivity contribution >= 4 is 40.9 Å². The normalized spacial score (nSPS) is 16.1. The van der Waals surface area contributed by atoms with Crippen LogP contribution >= 0.6 is 11.8 Å². The number of para-hydroxylation sites is 2. The molecule has 1 heterocycles.